The number of unbranched alkanes of at least 4 members (excludes halogenated alkanes) is 1. The van der Waals surface area contributed by atoms with E-state index in [-0.39, 0.29) is 11.9 Å². The van der Waals surface area contributed by atoms with E-state index in [9.17, 15) is 9.59 Å². The fourth-order valence-electron chi connectivity index (χ4n) is 2.27. The highest BCUT2D eigenvalue weighted by Gasteiger charge is 2.15. The molecule has 5 nitrogen and oxygen atoms in total. The normalized spacial score (nSPS) is 11.5. The molecule has 0 saturated carbocycles. The van der Waals surface area contributed by atoms with Crippen molar-refractivity contribution in [3.8, 4) is 5.75 Å². The van der Waals surface area contributed by atoms with Gasteiger partial charge in [-0.25, -0.2) is 4.79 Å². The van der Waals surface area contributed by atoms with Crippen LogP contribution in [-0.2, 0) is 9.53 Å². The van der Waals surface area contributed by atoms with Crippen LogP contribution in [0.1, 0.15) is 42.6 Å². The summed E-state index contributed by atoms with van der Waals surface area (Å²) < 4.78 is 10.8. The summed E-state index contributed by atoms with van der Waals surface area (Å²) in [4.78, 5) is 24.1. The molecule has 2 aromatic rings. The van der Waals surface area contributed by atoms with Gasteiger partial charge in [0.2, 0.25) is 0 Å². The molecular formula is C21H25NO4. The molecule has 0 bridgehead atoms. The quantitative estimate of drug-likeness (QED) is 0.564. The first-order valence-electron chi connectivity index (χ1n) is 8.81. The standard InChI is InChI=1S/C21H25NO4/c1-4-5-13-25-21(24)17-9-11-18(12-10-17)22-20(23)16(3)26-19-8-6-7-15(2)14-19/h6-12,14,16H,4-5,13H2,1-3H3,(H,22,23). The van der Waals surface area contributed by atoms with Gasteiger partial charge in [-0.15, -0.1) is 0 Å². The predicted molar refractivity (Wildman–Crippen MR) is 102 cm³/mol. The molecule has 1 N–H and O–H groups in total. The third kappa shape index (κ3) is 5.92. The molecule has 1 unspecified atom stereocenters. The lowest BCUT2D eigenvalue weighted by Crippen LogP contribution is -2.30. The molecule has 5 heteroatoms. The Morgan fingerprint density at radius 2 is 1.85 bits per heavy atom. The highest BCUT2D eigenvalue weighted by molar-refractivity contribution is 5.95. The molecule has 0 heterocycles. The van der Waals surface area contributed by atoms with E-state index in [0.29, 0.717) is 23.6 Å². The molecule has 26 heavy (non-hydrogen) atoms. The van der Waals surface area contributed by atoms with Crippen LogP contribution in [0.25, 0.3) is 0 Å². The number of benzene rings is 2. The molecule has 2 rings (SSSR count). The summed E-state index contributed by atoms with van der Waals surface area (Å²) in [6.07, 6.45) is 1.18. The number of rotatable bonds is 8. The van der Waals surface area contributed by atoms with Crippen LogP contribution in [0.15, 0.2) is 48.5 Å². The van der Waals surface area contributed by atoms with Gasteiger partial charge >= 0.3 is 5.97 Å². The topological polar surface area (TPSA) is 64.6 Å². The molecule has 0 spiro atoms. The zero-order valence-corrected chi connectivity index (χ0v) is 15.5. The number of esters is 1. The Morgan fingerprint density at radius 1 is 1.12 bits per heavy atom. The Morgan fingerprint density at radius 3 is 2.50 bits per heavy atom. The lowest BCUT2D eigenvalue weighted by Gasteiger charge is -2.15. The molecule has 0 aliphatic heterocycles. The van der Waals surface area contributed by atoms with Gasteiger partial charge in [0, 0.05) is 5.69 Å². The third-order valence-corrected chi connectivity index (χ3v) is 3.79. The Bertz CT molecular complexity index is 740. The number of carbonyl (C=O) groups excluding carboxylic acids is 2. The SMILES string of the molecule is CCCCOC(=O)c1ccc(NC(=O)C(C)Oc2cccc(C)c2)cc1. The van der Waals surface area contributed by atoms with Gasteiger partial charge < -0.3 is 14.8 Å². The average Bonchev–Trinajstić information content (AvgIpc) is 2.62. The predicted octanol–water partition coefficient (Wildman–Crippen LogP) is 4.36. The number of anilines is 1. The van der Waals surface area contributed by atoms with E-state index in [4.69, 9.17) is 9.47 Å². The molecule has 0 aliphatic carbocycles. The highest BCUT2D eigenvalue weighted by atomic mass is 16.5. The first kappa shape index (κ1) is 19.5. The zero-order chi connectivity index (χ0) is 18.9. The van der Waals surface area contributed by atoms with Gasteiger partial charge in [-0.05, 0) is 62.2 Å². The van der Waals surface area contributed by atoms with E-state index in [2.05, 4.69) is 5.32 Å². The number of aryl methyl sites for hydroxylation is 1. The first-order valence-corrected chi connectivity index (χ1v) is 8.81. The van der Waals surface area contributed by atoms with E-state index < -0.39 is 6.10 Å². The van der Waals surface area contributed by atoms with Gasteiger partial charge in [-0.2, -0.15) is 0 Å². The summed E-state index contributed by atoms with van der Waals surface area (Å²) in [5.41, 5.74) is 2.12. The summed E-state index contributed by atoms with van der Waals surface area (Å²) in [5.74, 6) is 0.0371. The Kier molecular flexibility index (Phi) is 7.21. The number of hydrogen-bond acceptors (Lipinski definition) is 4. The molecular weight excluding hydrogens is 330 g/mol. The first-order chi connectivity index (χ1) is 12.5. The molecule has 0 fully saturated rings. The molecule has 0 saturated heterocycles. The fraction of sp³-hybridized carbons (Fsp3) is 0.333. The van der Waals surface area contributed by atoms with E-state index in [0.717, 1.165) is 18.4 Å². The van der Waals surface area contributed by atoms with Crippen molar-refractivity contribution in [2.75, 3.05) is 11.9 Å². The molecule has 1 amide bonds. The van der Waals surface area contributed by atoms with Gasteiger partial charge in [-0.1, -0.05) is 25.5 Å². The van der Waals surface area contributed by atoms with Crippen LogP contribution in [0, 0.1) is 6.92 Å². The van der Waals surface area contributed by atoms with Gasteiger partial charge in [0.15, 0.2) is 6.10 Å². The minimum atomic E-state index is -0.643. The molecule has 2 aromatic carbocycles. The van der Waals surface area contributed by atoms with Crippen LogP contribution < -0.4 is 10.1 Å². The highest BCUT2D eigenvalue weighted by Crippen LogP contribution is 2.16. The Hall–Kier alpha value is -2.82. The lowest BCUT2D eigenvalue weighted by molar-refractivity contribution is -0.122. The van der Waals surface area contributed by atoms with Crippen molar-refractivity contribution in [2.45, 2.75) is 39.7 Å². The minimum Gasteiger partial charge on any atom is -0.481 e. The molecule has 0 aromatic heterocycles. The van der Waals surface area contributed by atoms with Gasteiger partial charge in [0.25, 0.3) is 5.91 Å². The second-order valence-corrected chi connectivity index (χ2v) is 6.13. The average molecular weight is 355 g/mol. The second kappa shape index (κ2) is 9.61. The summed E-state index contributed by atoms with van der Waals surface area (Å²) in [6, 6.07) is 14.2. The van der Waals surface area contributed by atoms with E-state index in [1.54, 1.807) is 31.2 Å². The maximum Gasteiger partial charge on any atom is 0.338 e. The number of ether oxygens (including phenoxy) is 2. The molecule has 0 aliphatic rings. The Labute approximate surface area is 154 Å². The Balaban J connectivity index is 1.89. The second-order valence-electron chi connectivity index (χ2n) is 6.13. The van der Waals surface area contributed by atoms with Crippen LogP contribution >= 0.6 is 0 Å². The number of carbonyl (C=O) groups is 2. The maximum atomic E-state index is 12.3. The number of nitrogens with one attached hydrogen (secondary N) is 1. The van der Waals surface area contributed by atoms with Crippen molar-refractivity contribution in [2.24, 2.45) is 0 Å². The van der Waals surface area contributed by atoms with Crippen LogP contribution in [0.5, 0.6) is 5.75 Å². The van der Waals surface area contributed by atoms with Crippen LogP contribution in [0.2, 0.25) is 0 Å². The van der Waals surface area contributed by atoms with Crippen molar-refractivity contribution in [3.05, 3.63) is 59.7 Å². The van der Waals surface area contributed by atoms with Gasteiger partial charge in [0.1, 0.15) is 5.75 Å². The van der Waals surface area contributed by atoms with Crippen molar-refractivity contribution in [1.29, 1.82) is 0 Å². The summed E-state index contributed by atoms with van der Waals surface area (Å²) in [7, 11) is 0. The van der Waals surface area contributed by atoms with Crippen LogP contribution in [-0.4, -0.2) is 24.6 Å². The largest absolute Gasteiger partial charge is 0.481 e. The van der Waals surface area contributed by atoms with E-state index in [1.165, 1.54) is 0 Å². The number of amides is 1. The van der Waals surface area contributed by atoms with Gasteiger partial charge in [-0.3, -0.25) is 4.79 Å². The third-order valence-electron chi connectivity index (χ3n) is 3.79. The zero-order valence-electron chi connectivity index (χ0n) is 15.5. The smallest absolute Gasteiger partial charge is 0.338 e. The van der Waals surface area contributed by atoms with Crippen molar-refractivity contribution >= 4 is 17.6 Å². The molecule has 0 radical (unpaired) electrons. The lowest BCUT2D eigenvalue weighted by atomic mass is 10.2. The summed E-state index contributed by atoms with van der Waals surface area (Å²) in [5, 5.41) is 2.78. The maximum absolute atomic E-state index is 12.3. The molecule has 138 valence electrons. The van der Waals surface area contributed by atoms with Crippen molar-refractivity contribution in [1.82, 2.24) is 0 Å². The van der Waals surface area contributed by atoms with E-state index >= 15 is 0 Å². The minimum absolute atomic E-state index is 0.259. The summed E-state index contributed by atoms with van der Waals surface area (Å²) in [6.45, 7) is 6.11. The van der Waals surface area contributed by atoms with Crippen molar-refractivity contribution < 1.29 is 19.1 Å². The molecule has 1 atom stereocenters. The monoisotopic (exact) mass is 355 g/mol. The number of hydrogen-bond donors (Lipinski definition) is 1. The van der Waals surface area contributed by atoms with E-state index in [1.807, 2.05) is 38.1 Å². The summed E-state index contributed by atoms with van der Waals surface area (Å²) >= 11 is 0. The van der Waals surface area contributed by atoms with Crippen LogP contribution in [0.4, 0.5) is 5.69 Å². The van der Waals surface area contributed by atoms with Gasteiger partial charge in [0.05, 0.1) is 12.2 Å². The van der Waals surface area contributed by atoms with Crippen LogP contribution in [0.3, 0.4) is 0 Å². The fourth-order valence-corrected chi connectivity index (χ4v) is 2.27. The van der Waals surface area contributed by atoms with Crippen molar-refractivity contribution in [3.63, 3.8) is 0 Å².